The number of aromatic nitrogens is 1. The van der Waals surface area contributed by atoms with Gasteiger partial charge in [-0.2, -0.15) is 5.26 Å². The molecule has 0 unspecified atom stereocenters. The largest absolute Gasteiger partial charge is 1.00 e. The van der Waals surface area contributed by atoms with Crippen LogP contribution in [0.3, 0.4) is 0 Å². The van der Waals surface area contributed by atoms with Gasteiger partial charge in [0.25, 0.3) is 0 Å². The van der Waals surface area contributed by atoms with E-state index in [4.69, 9.17) is 0 Å². The lowest BCUT2D eigenvalue weighted by Crippen LogP contribution is -3.00. The normalized spacial score (nSPS) is 11.0. The molecule has 0 saturated carbocycles. The number of nitrogens with zero attached hydrogens (tertiary/aromatic N) is 2. The molecular weight excluding hydrogens is 487 g/mol. The van der Waals surface area contributed by atoms with E-state index in [1.165, 1.54) is 21.6 Å². The first-order valence-corrected chi connectivity index (χ1v) is 12.7. The molecule has 0 bridgehead atoms. The maximum atomic E-state index is 9.35. The average Bonchev–Trinajstić information content (AvgIpc) is 3.18. The zero-order valence-corrected chi connectivity index (χ0v) is 20.9. The molecule has 4 heteroatoms. The second-order valence-corrected chi connectivity index (χ2v) is 11.5. The summed E-state index contributed by atoms with van der Waals surface area (Å²) in [5.41, 5.74) is 3.14. The lowest BCUT2D eigenvalue weighted by Gasteiger charge is -2.28. The second-order valence-electron chi connectivity index (χ2n) is 8.05. The monoisotopic (exact) mass is 510 g/mol. The minimum Gasteiger partial charge on any atom is -1.00 e. The highest BCUT2D eigenvalue weighted by molar-refractivity contribution is 7.95. The molecule has 33 heavy (non-hydrogen) atoms. The van der Waals surface area contributed by atoms with Crippen molar-refractivity contribution in [2.75, 3.05) is 0 Å². The second kappa shape index (κ2) is 9.75. The van der Waals surface area contributed by atoms with Crippen molar-refractivity contribution in [1.82, 2.24) is 4.57 Å². The van der Waals surface area contributed by atoms with Crippen LogP contribution >= 0.6 is 7.26 Å². The summed E-state index contributed by atoms with van der Waals surface area (Å²) >= 11 is 0. The van der Waals surface area contributed by atoms with E-state index in [1.807, 2.05) is 12.1 Å². The minimum absolute atomic E-state index is 0. The zero-order chi connectivity index (χ0) is 22.0. The molecule has 0 aliphatic heterocycles. The Balaban J connectivity index is 0.00000259. The number of hydrogen-bond donors (Lipinski definition) is 0. The summed E-state index contributed by atoms with van der Waals surface area (Å²) in [5.74, 6) is 0. The standard InChI is InChI=1S/C29H24N2P.BrH/c1-31-25(20-24-19-23(21-30)17-18-29(24)31)22-32(26-11-5-2-6-12-26,27-13-7-3-8-14-27)28-15-9-4-10-16-28;/h2-20H,22H2,1H3;1H/q+1;/p-1. The van der Waals surface area contributed by atoms with Gasteiger partial charge in [0.05, 0.1) is 17.3 Å². The van der Waals surface area contributed by atoms with Gasteiger partial charge in [0.1, 0.15) is 29.3 Å². The van der Waals surface area contributed by atoms with Gasteiger partial charge in [0, 0.05) is 18.0 Å². The molecule has 0 aliphatic carbocycles. The van der Waals surface area contributed by atoms with Gasteiger partial charge in [0.2, 0.25) is 0 Å². The van der Waals surface area contributed by atoms with Crippen molar-refractivity contribution in [2.45, 2.75) is 6.16 Å². The van der Waals surface area contributed by atoms with Gasteiger partial charge >= 0.3 is 0 Å². The number of rotatable bonds is 5. The Morgan fingerprint density at radius 2 is 1.18 bits per heavy atom. The quantitative estimate of drug-likeness (QED) is 0.334. The van der Waals surface area contributed by atoms with Crippen molar-refractivity contribution in [2.24, 2.45) is 7.05 Å². The molecule has 2 nitrogen and oxygen atoms in total. The molecule has 0 saturated heterocycles. The molecule has 162 valence electrons. The van der Waals surface area contributed by atoms with Crippen LogP contribution in [-0.2, 0) is 13.2 Å². The van der Waals surface area contributed by atoms with Crippen LogP contribution < -0.4 is 32.9 Å². The molecule has 5 aromatic rings. The van der Waals surface area contributed by atoms with Crippen molar-refractivity contribution in [3.05, 3.63) is 127 Å². The highest BCUT2D eigenvalue weighted by atomic mass is 79.9. The van der Waals surface area contributed by atoms with Crippen LogP contribution in [0.2, 0.25) is 0 Å². The van der Waals surface area contributed by atoms with Gasteiger partial charge < -0.3 is 21.5 Å². The van der Waals surface area contributed by atoms with E-state index < -0.39 is 7.26 Å². The van der Waals surface area contributed by atoms with E-state index in [1.54, 1.807) is 0 Å². The predicted molar refractivity (Wildman–Crippen MR) is 136 cm³/mol. The summed E-state index contributed by atoms with van der Waals surface area (Å²) in [6, 6.07) is 43.4. The van der Waals surface area contributed by atoms with Crippen LogP contribution in [0.1, 0.15) is 11.3 Å². The number of hydrogen-bond acceptors (Lipinski definition) is 1. The lowest BCUT2D eigenvalue weighted by molar-refractivity contribution is -0.00000648. The van der Waals surface area contributed by atoms with E-state index >= 15 is 0 Å². The van der Waals surface area contributed by atoms with Crippen molar-refractivity contribution in [1.29, 1.82) is 5.26 Å². The molecule has 0 spiro atoms. The summed E-state index contributed by atoms with van der Waals surface area (Å²) in [6.45, 7) is 0. The molecule has 0 atom stereocenters. The van der Waals surface area contributed by atoms with E-state index in [2.05, 4.69) is 121 Å². The molecule has 1 aromatic heterocycles. The van der Waals surface area contributed by atoms with Gasteiger partial charge in [-0.1, -0.05) is 54.6 Å². The van der Waals surface area contributed by atoms with Crippen LogP contribution in [0, 0.1) is 11.3 Å². The molecule has 1 heterocycles. The Morgan fingerprint density at radius 1 is 0.697 bits per heavy atom. The van der Waals surface area contributed by atoms with Crippen molar-refractivity contribution in [3.8, 4) is 6.07 Å². The zero-order valence-electron chi connectivity index (χ0n) is 18.4. The third-order valence-corrected chi connectivity index (χ3v) is 10.6. The Labute approximate surface area is 206 Å². The SMILES string of the molecule is Cn1c(C[P+](c2ccccc2)(c2ccccc2)c2ccccc2)cc2cc(C#N)ccc21.[Br-]. The van der Waals surface area contributed by atoms with E-state index in [0.29, 0.717) is 5.56 Å². The topological polar surface area (TPSA) is 28.7 Å². The van der Waals surface area contributed by atoms with Crippen molar-refractivity contribution < 1.29 is 17.0 Å². The predicted octanol–water partition coefficient (Wildman–Crippen LogP) is 2.55. The fourth-order valence-electron chi connectivity index (χ4n) is 4.64. The number of fused-ring (bicyclic) bond motifs is 1. The summed E-state index contributed by atoms with van der Waals surface area (Å²) in [6.07, 6.45) is 0.915. The Bertz CT molecular complexity index is 1310. The van der Waals surface area contributed by atoms with E-state index in [-0.39, 0.29) is 17.0 Å². The van der Waals surface area contributed by atoms with Crippen molar-refractivity contribution >= 4 is 34.1 Å². The Hall–Kier alpha value is -3.18. The van der Waals surface area contributed by atoms with E-state index in [9.17, 15) is 5.26 Å². The van der Waals surface area contributed by atoms with Crippen LogP contribution in [0.15, 0.2) is 115 Å². The van der Waals surface area contributed by atoms with E-state index in [0.717, 1.165) is 17.1 Å². The molecule has 0 aliphatic rings. The number of halogens is 1. The highest BCUT2D eigenvalue weighted by Crippen LogP contribution is 2.58. The third kappa shape index (κ3) is 4.13. The van der Waals surface area contributed by atoms with Crippen LogP contribution in [0.4, 0.5) is 0 Å². The smallest absolute Gasteiger partial charge is 0.118 e. The molecule has 4 aromatic carbocycles. The Morgan fingerprint density at radius 3 is 1.64 bits per heavy atom. The molecule has 0 amide bonds. The number of aryl methyl sites for hydroxylation is 1. The number of benzene rings is 4. The van der Waals surface area contributed by atoms with Gasteiger partial charge in [-0.25, -0.2) is 0 Å². The van der Waals surface area contributed by atoms with Gasteiger partial charge in [0.15, 0.2) is 0 Å². The summed E-state index contributed by atoms with van der Waals surface area (Å²) in [4.78, 5) is 0. The van der Waals surface area contributed by atoms with Crippen molar-refractivity contribution in [3.63, 3.8) is 0 Å². The fourth-order valence-corrected chi connectivity index (χ4v) is 8.91. The fraction of sp³-hybridized carbons (Fsp3) is 0.0690. The molecule has 0 radical (unpaired) electrons. The first-order valence-electron chi connectivity index (χ1n) is 10.8. The lowest BCUT2D eigenvalue weighted by atomic mass is 10.2. The Kier molecular flexibility index (Phi) is 6.80. The van der Waals surface area contributed by atoms with Gasteiger partial charge in [-0.15, -0.1) is 0 Å². The highest BCUT2D eigenvalue weighted by Gasteiger charge is 2.46. The first kappa shape index (κ1) is 23.0. The average molecular weight is 511 g/mol. The molecule has 0 N–H and O–H groups in total. The maximum absolute atomic E-state index is 9.35. The molecule has 0 fully saturated rings. The maximum Gasteiger partial charge on any atom is 0.118 e. The molecule has 5 rings (SSSR count). The third-order valence-electron chi connectivity index (χ3n) is 6.26. The first-order chi connectivity index (χ1) is 15.7. The molecular formula is C29H24BrN2P. The summed E-state index contributed by atoms with van der Waals surface area (Å²) < 4.78 is 2.29. The van der Waals surface area contributed by atoms with Gasteiger partial charge in [-0.05, 0) is 60.7 Å². The number of nitriles is 1. The minimum atomic E-state index is -1.96. The summed E-state index contributed by atoms with van der Waals surface area (Å²) in [7, 11) is 0.176. The van der Waals surface area contributed by atoms with Crippen LogP contribution in [-0.4, -0.2) is 4.57 Å². The van der Waals surface area contributed by atoms with Crippen LogP contribution in [0.25, 0.3) is 10.9 Å². The van der Waals surface area contributed by atoms with Gasteiger partial charge in [-0.3, -0.25) is 0 Å². The summed E-state index contributed by atoms with van der Waals surface area (Å²) in [5, 5.41) is 14.6. The van der Waals surface area contributed by atoms with Crippen LogP contribution in [0.5, 0.6) is 0 Å².